The van der Waals surface area contributed by atoms with Crippen LogP contribution < -0.4 is 0 Å². The predicted octanol–water partition coefficient (Wildman–Crippen LogP) is 12.9. The van der Waals surface area contributed by atoms with Gasteiger partial charge in [0.1, 0.15) is 11.2 Å². The molecule has 0 spiro atoms. The molecule has 0 saturated carbocycles. The molecule has 0 N–H and O–H groups in total. The molecular weight excluding hydrogens is 647 g/mol. The quantitative estimate of drug-likeness (QED) is 0.176. The summed E-state index contributed by atoms with van der Waals surface area (Å²) in [4.78, 5) is 15.1. The summed E-state index contributed by atoms with van der Waals surface area (Å²) in [5, 5.41) is 4.64. The number of nitrogens with zero attached hydrogens (tertiary/aromatic N) is 3. The van der Waals surface area contributed by atoms with E-state index in [2.05, 4.69) is 152 Å². The maximum absolute atomic E-state index is 6.70. The molecule has 0 atom stereocenters. The molecule has 248 valence electrons. The van der Waals surface area contributed by atoms with Gasteiger partial charge in [-0.25, -0.2) is 15.0 Å². The largest absolute Gasteiger partial charge is 0.455 e. The van der Waals surface area contributed by atoms with E-state index < -0.39 is 0 Å². The van der Waals surface area contributed by atoms with Gasteiger partial charge in [-0.3, -0.25) is 0 Å². The Morgan fingerprint density at radius 1 is 0.283 bits per heavy atom. The van der Waals surface area contributed by atoms with Gasteiger partial charge >= 0.3 is 0 Å². The number of benzene rings is 8. The zero-order chi connectivity index (χ0) is 35.1. The number of hydrogen-bond acceptors (Lipinski definition) is 4. The van der Waals surface area contributed by atoms with E-state index in [0.29, 0.717) is 17.5 Å². The predicted molar refractivity (Wildman–Crippen MR) is 217 cm³/mol. The maximum atomic E-state index is 6.70. The van der Waals surface area contributed by atoms with E-state index in [4.69, 9.17) is 19.4 Å². The lowest BCUT2D eigenvalue weighted by atomic mass is 9.99. The summed E-state index contributed by atoms with van der Waals surface area (Å²) >= 11 is 0. The average Bonchev–Trinajstić information content (AvgIpc) is 3.63. The van der Waals surface area contributed by atoms with Crippen LogP contribution in [-0.2, 0) is 0 Å². The minimum absolute atomic E-state index is 0.617. The molecule has 4 heteroatoms. The summed E-state index contributed by atoms with van der Waals surface area (Å²) in [6.45, 7) is 0. The molecule has 2 heterocycles. The van der Waals surface area contributed by atoms with Gasteiger partial charge < -0.3 is 4.42 Å². The number of aromatic nitrogens is 3. The Bertz CT molecular complexity index is 2930. The van der Waals surface area contributed by atoms with Gasteiger partial charge in [0.05, 0.1) is 0 Å². The molecule has 10 aromatic rings. The standard InChI is InChI=1S/C49H31N3O/c1-3-13-33(14-4-1)41-20-10-22-43-44-23-11-21-42(46(44)53-45(41)43)34-25-27-36(28-26-34)48-50-47(35-15-5-2-6-16-35)51-49(52-48)40-19-9-18-38(31-40)39-29-24-32-12-7-8-17-37(32)30-39/h1-31H. The fourth-order valence-corrected chi connectivity index (χ4v) is 7.25. The molecule has 8 aromatic carbocycles. The Morgan fingerprint density at radius 3 is 1.38 bits per heavy atom. The Labute approximate surface area is 306 Å². The lowest BCUT2D eigenvalue weighted by Crippen LogP contribution is -2.00. The lowest BCUT2D eigenvalue weighted by molar-refractivity contribution is 0.671. The van der Waals surface area contributed by atoms with Crippen LogP contribution in [0.3, 0.4) is 0 Å². The second-order valence-corrected chi connectivity index (χ2v) is 13.2. The van der Waals surface area contributed by atoms with Crippen LogP contribution >= 0.6 is 0 Å². The second-order valence-electron chi connectivity index (χ2n) is 13.2. The Balaban J connectivity index is 1.05. The normalized spacial score (nSPS) is 11.4. The summed E-state index contributed by atoms with van der Waals surface area (Å²) in [6.07, 6.45) is 0. The Morgan fingerprint density at radius 2 is 0.717 bits per heavy atom. The van der Waals surface area contributed by atoms with Crippen molar-refractivity contribution in [2.24, 2.45) is 0 Å². The Hall–Kier alpha value is -7.17. The summed E-state index contributed by atoms with van der Waals surface area (Å²) in [6, 6.07) is 65.1. The molecule has 0 fully saturated rings. The van der Waals surface area contributed by atoms with E-state index >= 15 is 0 Å². The molecule has 10 rings (SSSR count). The van der Waals surface area contributed by atoms with Crippen LogP contribution in [0.15, 0.2) is 192 Å². The number of para-hydroxylation sites is 2. The van der Waals surface area contributed by atoms with Crippen molar-refractivity contribution in [1.29, 1.82) is 0 Å². The fraction of sp³-hybridized carbons (Fsp3) is 0. The van der Waals surface area contributed by atoms with E-state index in [1.165, 1.54) is 10.8 Å². The fourth-order valence-electron chi connectivity index (χ4n) is 7.25. The summed E-state index contributed by atoms with van der Waals surface area (Å²) in [5.74, 6) is 1.87. The first-order chi connectivity index (χ1) is 26.2. The van der Waals surface area contributed by atoms with E-state index in [9.17, 15) is 0 Å². The topological polar surface area (TPSA) is 51.8 Å². The number of rotatable bonds is 6. The summed E-state index contributed by atoms with van der Waals surface area (Å²) in [5.41, 5.74) is 11.1. The molecule has 0 aliphatic rings. The molecule has 53 heavy (non-hydrogen) atoms. The van der Waals surface area contributed by atoms with Gasteiger partial charge in [-0.2, -0.15) is 0 Å². The molecule has 0 unspecified atom stereocenters. The van der Waals surface area contributed by atoms with Crippen molar-refractivity contribution in [3.63, 3.8) is 0 Å². The molecule has 0 saturated heterocycles. The van der Waals surface area contributed by atoms with Gasteiger partial charge in [0.2, 0.25) is 0 Å². The molecular formula is C49H31N3O. The zero-order valence-electron chi connectivity index (χ0n) is 28.6. The van der Waals surface area contributed by atoms with Gasteiger partial charge in [-0.05, 0) is 45.2 Å². The van der Waals surface area contributed by atoms with E-state index in [-0.39, 0.29) is 0 Å². The van der Waals surface area contributed by atoms with Crippen molar-refractivity contribution >= 4 is 32.7 Å². The Kier molecular flexibility index (Phi) is 7.43. The van der Waals surface area contributed by atoms with Crippen LogP contribution in [0.5, 0.6) is 0 Å². The minimum atomic E-state index is 0.617. The zero-order valence-corrected chi connectivity index (χ0v) is 28.6. The highest BCUT2D eigenvalue weighted by Crippen LogP contribution is 2.40. The number of fused-ring (bicyclic) bond motifs is 4. The highest BCUT2D eigenvalue weighted by Gasteiger charge is 2.17. The number of furan rings is 1. The van der Waals surface area contributed by atoms with Crippen LogP contribution in [0.1, 0.15) is 0 Å². The van der Waals surface area contributed by atoms with Gasteiger partial charge in [0, 0.05) is 38.6 Å². The minimum Gasteiger partial charge on any atom is -0.455 e. The summed E-state index contributed by atoms with van der Waals surface area (Å²) < 4.78 is 6.70. The third kappa shape index (κ3) is 5.63. The van der Waals surface area contributed by atoms with Crippen molar-refractivity contribution in [1.82, 2.24) is 15.0 Å². The van der Waals surface area contributed by atoms with Crippen molar-refractivity contribution in [3.8, 4) is 67.5 Å². The van der Waals surface area contributed by atoms with Gasteiger partial charge in [0.25, 0.3) is 0 Å². The van der Waals surface area contributed by atoms with Crippen LogP contribution in [0, 0.1) is 0 Å². The molecule has 0 radical (unpaired) electrons. The molecule has 0 amide bonds. The van der Waals surface area contributed by atoms with Crippen LogP contribution in [-0.4, -0.2) is 15.0 Å². The van der Waals surface area contributed by atoms with E-state index in [0.717, 1.165) is 72.0 Å². The van der Waals surface area contributed by atoms with Crippen molar-refractivity contribution < 1.29 is 4.42 Å². The summed E-state index contributed by atoms with van der Waals surface area (Å²) in [7, 11) is 0. The van der Waals surface area contributed by atoms with Crippen molar-refractivity contribution in [3.05, 3.63) is 188 Å². The highest BCUT2D eigenvalue weighted by molar-refractivity contribution is 6.13. The lowest BCUT2D eigenvalue weighted by Gasteiger charge is -2.10. The maximum Gasteiger partial charge on any atom is 0.164 e. The molecule has 0 aliphatic carbocycles. The van der Waals surface area contributed by atoms with E-state index in [1.807, 2.05) is 36.4 Å². The van der Waals surface area contributed by atoms with Gasteiger partial charge in [-0.1, -0.05) is 176 Å². The van der Waals surface area contributed by atoms with Crippen molar-refractivity contribution in [2.45, 2.75) is 0 Å². The first-order valence-corrected chi connectivity index (χ1v) is 17.8. The first-order valence-electron chi connectivity index (χ1n) is 17.8. The molecule has 0 bridgehead atoms. The average molecular weight is 678 g/mol. The van der Waals surface area contributed by atoms with Crippen LogP contribution in [0.2, 0.25) is 0 Å². The third-order valence-corrected chi connectivity index (χ3v) is 9.93. The van der Waals surface area contributed by atoms with Crippen LogP contribution in [0.25, 0.3) is 100 Å². The monoisotopic (exact) mass is 677 g/mol. The SMILES string of the molecule is c1ccc(-c2nc(-c3ccc(-c4cccc5c4oc4c(-c6ccccc6)cccc45)cc3)nc(-c3cccc(-c4ccc5ccccc5c4)c3)n2)cc1. The van der Waals surface area contributed by atoms with Gasteiger partial charge in [0.15, 0.2) is 17.5 Å². The second kappa shape index (κ2) is 12.9. The third-order valence-electron chi connectivity index (χ3n) is 9.93. The number of hydrogen-bond donors (Lipinski definition) is 0. The highest BCUT2D eigenvalue weighted by atomic mass is 16.3. The van der Waals surface area contributed by atoms with E-state index in [1.54, 1.807) is 0 Å². The molecule has 4 nitrogen and oxygen atoms in total. The van der Waals surface area contributed by atoms with Gasteiger partial charge in [-0.15, -0.1) is 0 Å². The van der Waals surface area contributed by atoms with Crippen molar-refractivity contribution in [2.75, 3.05) is 0 Å². The molecule has 0 aliphatic heterocycles. The first kappa shape index (κ1) is 30.6. The molecule has 2 aromatic heterocycles. The smallest absolute Gasteiger partial charge is 0.164 e. The van der Waals surface area contributed by atoms with Crippen LogP contribution in [0.4, 0.5) is 0 Å².